The van der Waals surface area contributed by atoms with E-state index in [-0.39, 0.29) is 10.6 Å². The van der Waals surface area contributed by atoms with E-state index in [1.807, 2.05) is 23.3 Å². The minimum absolute atomic E-state index is 0.106. The Bertz CT molecular complexity index is 616. The van der Waals surface area contributed by atoms with Crippen molar-refractivity contribution in [3.05, 3.63) is 29.3 Å². The van der Waals surface area contributed by atoms with E-state index in [0.29, 0.717) is 0 Å². The van der Waals surface area contributed by atoms with Gasteiger partial charge in [-0.05, 0) is 57.1 Å². The van der Waals surface area contributed by atoms with Crippen molar-refractivity contribution in [3.63, 3.8) is 0 Å². The molecule has 0 saturated heterocycles. The second kappa shape index (κ2) is 6.44. The number of hydroxylamine groups is 1. The number of hydrogen-bond donors (Lipinski definition) is 0. The highest BCUT2D eigenvalue weighted by atomic mass is 28.4. The molecule has 2 nitrogen and oxygen atoms in total. The second-order valence-corrected chi connectivity index (χ2v) is 13.1. The molecule has 0 spiro atoms. The molecule has 0 unspecified atom stereocenters. The van der Waals surface area contributed by atoms with Crippen molar-refractivity contribution in [3.8, 4) is 24.7 Å². The van der Waals surface area contributed by atoms with Crippen molar-refractivity contribution in [2.24, 2.45) is 0 Å². The fraction of sp³-hybridized carbons (Fsp3) is 0.500. The van der Waals surface area contributed by atoms with E-state index in [1.165, 1.54) is 0 Å². The van der Waals surface area contributed by atoms with Gasteiger partial charge in [-0.15, -0.1) is 12.8 Å². The molecule has 124 valence electrons. The highest BCUT2D eigenvalue weighted by Gasteiger charge is 2.42. The number of anilines is 1. The molecule has 0 heterocycles. The highest BCUT2D eigenvalue weighted by Crippen LogP contribution is 2.39. The first-order valence-corrected chi connectivity index (χ1v) is 10.8. The topological polar surface area (TPSA) is 12.5 Å². The maximum atomic E-state index is 6.59. The van der Waals surface area contributed by atoms with Crippen molar-refractivity contribution in [2.45, 2.75) is 65.2 Å². The number of hydrogen-bond acceptors (Lipinski definition) is 2. The molecule has 23 heavy (non-hydrogen) atoms. The smallest absolute Gasteiger partial charge is 0.228 e. The number of benzene rings is 1. The van der Waals surface area contributed by atoms with Crippen LogP contribution in [0.3, 0.4) is 0 Å². The van der Waals surface area contributed by atoms with E-state index in [9.17, 15) is 0 Å². The third kappa shape index (κ3) is 4.64. The van der Waals surface area contributed by atoms with E-state index in [0.717, 1.165) is 16.8 Å². The molecule has 1 aromatic carbocycles. The van der Waals surface area contributed by atoms with Crippen LogP contribution in [0.2, 0.25) is 18.1 Å². The lowest BCUT2D eigenvalue weighted by atomic mass is 10.1. The molecule has 3 heteroatoms. The van der Waals surface area contributed by atoms with Crippen LogP contribution in [0.15, 0.2) is 18.2 Å². The van der Waals surface area contributed by atoms with Crippen LogP contribution in [0.5, 0.6) is 0 Å². The summed E-state index contributed by atoms with van der Waals surface area (Å²) in [5, 5.41) is 2.08. The van der Waals surface area contributed by atoms with Crippen molar-refractivity contribution in [1.82, 2.24) is 0 Å². The third-order valence-corrected chi connectivity index (χ3v) is 8.47. The van der Waals surface area contributed by atoms with Crippen LogP contribution in [-0.2, 0) is 4.53 Å². The van der Waals surface area contributed by atoms with Crippen molar-refractivity contribution >= 4 is 14.0 Å². The number of rotatable bonds is 3. The SMILES string of the molecule is C#Cc1cc(C#C)cc(N(O[Si](C)(C)C(C)(C)C)C(C)(C)C)c1. The van der Waals surface area contributed by atoms with Gasteiger partial charge in [-0.25, -0.2) is 0 Å². The summed E-state index contributed by atoms with van der Waals surface area (Å²) in [5.74, 6) is 5.35. The molecular formula is C20H29NOSi. The molecular weight excluding hydrogens is 298 g/mol. The van der Waals surface area contributed by atoms with Crippen molar-refractivity contribution in [2.75, 3.05) is 5.06 Å². The Balaban J connectivity index is 3.41. The lowest BCUT2D eigenvalue weighted by Gasteiger charge is -2.45. The van der Waals surface area contributed by atoms with Gasteiger partial charge in [0.1, 0.15) is 0 Å². The summed E-state index contributed by atoms with van der Waals surface area (Å²) < 4.78 is 6.59. The van der Waals surface area contributed by atoms with Gasteiger partial charge in [-0.3, -0.25) is 5.06 Å². The average Bonchev–Trinajstić information content (AvgIpc) is 2.41. The molecule has 0 amide bonds. The molecule has 1 aromatic rings. The zero-order valence-corrected chi connectivity index (χ0v) is 16.7. The predicted molar refractivity (Wildman–Crippen MR) is 103 cm³/mol. The first kappa shape index (κ1) is 19.4. The summed E-state index contributed by atoms with van der Waals surface area (Å²) in [5.41, 5.74) is 2.23. The summed E-state index contributed by atoms with van der Waals surface area (Å²) >= 11 is 0. The summed E-state index contributed by atoms with van der Waals surface area (Å²) in [6, 6.07) is 5.76. The van der Waals surface area contributed by atoms with Gasteiger partial charge in [-0.1, -0.05) is 32.6 Å². The van der Waals surface area contributed by atoms with Gasteiger partial charge in [0, 0.05) is 11.1 Å². The highest BCUT2D eigenvalue weighted by molar-refractivity contribution is 6.74. The van der Waals surface area contributed by atoms with Crippen molar-refractivity contribution < 1.29 is 4.53 Å². The fourth-order valence-corrected chi connectivity index (χ4v) is 2.95. The molecule has 0 saturated carbocycles. The Labute approximate surface area is 143 Å². The molecule has 0 radical (unpaired) electrons. The first-order chi connectivity index (χ1) is 10.3. The second-order valence-electron chi connectivity index (χ2n) is 8.37. The van der Waals surface area contributed by atoms with Crippen LogP contribution < -0.4 is 5.06 Å². The van der Waals surface area contributed by atoms with Crippen LogP contribution in [0.1, 0.15) is 52.7 Å². The lowest BCUT2D eigenvalue weighted by Crippen LogP contribution is -2.52. The van der Waals surface area contributed by atoms with Gasteiger partial charge in [0.15, 0.2) is 0 Å². The quantitative estimate of drug-likeness (QED) is 0.430. The summed E-state index contributed by atoms with van der Waals surface area (Å²) in [6.07, 6.45) is 11.2. The van der Waals surface area contributed by atoms with Gasteiger partial charge in [0.2, 0.25) is 8.32 Å². The van der Waals surface area contributed by atoms with Gasteiger partial charge in [-0.2, -0.15) is 0 Å². The van der Waals surface area contributed by atoms with E-state index < -0.39 is 8.32 Å². The normalized spacial score (nSPS) is 12.4. The zero-order valence-electron chi connectivity index (χ0n) is 15.7. The fourth-order valence-electron chi connectivity index (χ4n) is 1.84. The van der Waals surface area contributed by atoms with Crippen LogP contribution in [0.4, 0.5) is 5.69 Å². The molecule has 0 aliphatic heterocycles. The largest absolute Gasteiger partial charge is 0.319 e. The Hall–Kier alpha value is -1.68. The van der Waals surface area contributed by atoms with Gasteiger partial charge >= 0.3 is 0 Å². The molecule has 0 aromatic heterocycles. The standard InChI is InChI=1S/C20H29NOSi/c1-11-16-13-17(12-2)15-18(14-16)21(19(3,4)5)22-23(9,10)20(6,7)8/h1-2,13-15H,3-10H3. The average molecular weight is 328 g/mol. The summed E-state index contributed by atoms with van der Waals surface area (Å²) in [7, 11) is -1.99. The first-order valence-electron chi connectivity index (χ1n) is 7.89. The number of terminal acetylenes is 2. The zero-order chi connectivity index (χ0) is 18.1. The minimum atomic E-state index is -1.99. The molecule has 0 N–H and O–H groups in total. The maximum absolute atomic E-state index is 6.59. The van der Waals surface area contributed by atoms with Crippen molar-refractivity contribution in [1.29, 1.82) is 0 Å². The van der Waals surface area contributed by atoms with Gasteiger partial charge < -0.3 is 4.53 Å². The monoisotopic (exact) mass is 327 g/mol. The Morgan fingerprint density at radius 2 is 1.35 bits per heavy atom. The van der Waals surface area contributed by atoms with Crippen LogP contribution >= 0.6 is 0 Å². The van der Waals surface area contributed by atoms with E-state index in [2.05, 4.69) is 66.5 Å². The van der Waals surface area contributed by atoms with Gasteiger partial charge in [0.05, 0.1) is 11.2 Å². The predicted octanol–water partition coefficient (Wildman–Crippen LogP) is 5.19. The van der Waals surface area contributed by atoms with Crippen LogP contribution in [-0.4, -0.2) is 13.9 Å². The Morgan fingerprint density at radius 1 is 0.913 bits per heavy atom. The van der Waals surface area contributed by atoms with E-state index >= 15 is 0 Å². The summed E-state index contributed by atoms with van der Waals surface area (Å²) in [4.78, 5) is 0. The Morgan fingerprint density at radius 3 is 1.65 bits per heavy atom. The van der Waals surface area contributed by atoms with Crippen LogP contribution in [0.25, 0.3) is 0 Å². The molecule has 0 aliphatic rings. The number of nitrogens with zero attached hydrogens (tertiary/aromatic N) is 1. The van der Waals surface area contributed by atoms with E-state index in [4.69, 9.17) is 17.4 Å². The molecule has 0 bridgehead atoms. The molecule has 0 atom stereocenters. The van der Waals surface area contributed by atoms with Crippen LogP contribution in [0, 0.1) is 24.7 Å². The third-order valence-electron chi connectivity index (χ3n) is 4.22. The van der Waals surface area contributed by atoms with Gasteiger partial charge in [0.25, 0.3) is 0 Å². The molecule has 0 fully saturated rings. The molecule has 0 aliphatic carbocycles. The maximum Gasteiger partial charge on any atom is 0.228 e. The minimum Gasteiger partial charge on any atom is -0.319 e. The molecule has 1 rings (SSSR count). The summed E-state index contributed by atoms with van der Waals surface area (Å²) in [6.45, 7) is 17.5. The lowest BCUT2D eigenvalue weighted by molar-refractivity contribution is 0.185. The van der Waals surface area contributed by atoms with E-state index in [1.54, 1.807) is 0 Å². The Kier molecular flexibility index (Phi) is 5.42.